The summed E-state index contributed by atoms with van der Waals surface area (Å²) in [6.07, 6.45) is 3.98. The van der Waals surface area contributed by atoms with Crippen LogP contribution in [0.25, 0.3) is 0 Å². The Kier molecular flexibility index (Phi) is 3.27. The molecule has 1 fully saturated rings. The van der Waals surface area contributed by atoms with Gasteiger partial charge in [-0.05, 0) is 18.8 Å². The van der Waals surface area contributed by atoms with Crippen LogP contribution < -0.4 is 11.3 Å². The first kappa shape index (κ1) is 10.5. The van der Waals surface area contributed by atoms with Crippen molar-refractivity contribution in [2.75, 3.05) is 0 Å². The van der Waals surface area contributed by atoms with E-state index in [-0.39, 0.29) is 18.2 Å². The molecule has 1 aliphatic rings. The summed E-state index contributed by atoms with van der Waals surface area (Å²) >= 11 is 0. The molecule has 0 aliphatic heterocycles. The van der Waals surface area contributed by atoms with Gasteiger partial charge in [0.05, 0.1) is 12.0 Å². The van der Waals surface area contributed by atoms with Crippen molar-refractivity contribution in [2.24, 2.45) is 11.8 Å². The molecule has 4 heteroatoms. The molecule has 0 spiro atoms. The lowest BCUT2D eigenvalue weighted by Gasteiger charge is -2.37. The molecule has 2 atom stereocenters. The Bertz CT molecular complexity index is 196. The second-order valence-electron chi connectivity index (χ2n) is 3.99. The van der Waals surface area contributed by atoms with Gasteiger partial charge in [0.25, 0.3) is 0 Å². The van der Waals surface area contributed by atoms with Crippen molar-refractivity contribution in [3.63, 3.8) is 0 Å². The average Bonchev–Trinajstić information content (AvgIpc) is 2.10. The molecule has 0 aromatic carbocycles. The van der Waals surface area contributed by atoms with Crippen LogP contribution in [0.5, 0.6) is 0 Å². The van der Waals surface area contributed by atoms with Gasteiger partial charge in [0, 0.05) is 0 Å². The van der Waals surface area contributed by atoms with Crippen molar-refractivity contribution < 1.29 is 9.90 Å². The summed E-state index contributed by atoms with van der Waals surface area (Å²) in [6, 6.07) is 0. The Hall–Kier alpha value is -0.610. The van der Waals surface area contributed by atoms with E-state index < -0.39 is 5.60 Å². The van der Waals surface area contributed by atoms with Gasteiger partial charge in [0.1, 0.15) is 0 Å². The van der Waals surface area contributed by atoms with Crippen LogP contribution in [0.3, 0.4) is 0 Å². The molecule has 1 amide bonds. The predicted molar refractivity (Wildman–Crippen MR) is 49.5 cm³/mol. The van der Waals surface area contributed by atoms with Crippen molar-refractivity contribution in [2.45, 2.75) is 44.6 Å². The number of nitrogens with two attached hydrogens (primary N) is 1. The van der Waals surface area contributed by atoms with Crippen LogP contribution >= 0.6 is 0 Å². The maximum Gasteiger partial charge on any atom is 0.236 e. The number of carbonyl (C=O) groups is 1. The third-order valence-electron chi connectivity index (χ3n) is 3.04. The fraction of sp³-hybridized carbons (Fsp3) is 0.889. The van der Waals surface area contributed by atoms with E-state index in [9.17, 15) is 9.90 Å². The first-order valence-electron chi connectivity index (χ1n) is 4.80. The lowest BCUT2D eigenvalue weighted by atomic mass is 9.74. The molecule has 4 N–H and O–H groups in total. The molecule has 0 bridgehead atoms. The van der Waals surface area contributed by atoms with Crippen LogP contribution in [-0.2, 0) is 4.79 Å². The Morgan fingerprint density at radius 1 is 1.69 bits per heavy atom. The van der Waals surface area contributed by atoms with E-state index in [1.807, 2.05) is 6.92 Å². The fourth-order valence-electron chi connectivity index (χ4n) is 1.99. The topological polar surface area (TPSA) is 75.3 Å². The van der Waals surface area contributed by atoms with Crippen molar-refractivity contribution in [3.05, 3.63) is 0 Å². The molecule has 0 saturated heterocycles. The van der Waals surface area contributed by atoms with Gasteiger partial charge in [-0.25, -0.2) is 5.84 Å². The highest BCUT2D eigenvalue weighted by molar-refractivity contribution is 5.76. The third kappa shape index (κ3) is 2.42. The lowest BCUT2D eigenvalue weighted by Crippen LogP contribution is -2.45. The zero-order chi connectivity index (χ0) is 9.90. The average molecular weight is 186 g/mol. The molecule has 4 nitrogen and oxygen atoms in total. The number of hydrogen-bond acceptors (Lipinski definition) is 3. The number of rotatable bonds is 2. The van der Waals surface area contributed by atoms with Gasteiger partial charge in [0.2, 0.25) is 5.91 Å². The Balaban J connectivity index is 2.56. The molecular weight excluding hydrogens is 168 g/mol. The Morgan fingerprint density at radius 2 is 2.38 bits per heavy atom. The van der Waals surface area contributed by atoms with E-state index in [0.29, 0.717) is 6.42 Å². The predicted octanol–water partition coefficient (Wildman–Crippen LogP) is 0.308. The molecule has 1 aliphatic carbocycles. The zero-order valence-electron chi connectivity index (χ0n) is 8.05. The summed E-state index contributed by atoms with van der Waals surface area (Å²) in [5, 5.41) is 10.1. The molecule has 2 unspecified atom stereocenters. The van der Waals surface area contributed by atoms with E-state index in [4.69, 9.17) is 5.84 Å². The SMILES string of the molecule is CC1CCCCC1(O)CC(=O)NN. The van der Waals surface area contributed by atoms with E-state index in [0.717, 1.165) is 19.3 Å². The summed E-state index contributed by atoms with van der Waals surface area (Å²) in [7, 11) is 0. The van der Waals surface area contributed by atoms with E-state index in [2.05, 4.69) is 5.43 Å². The molecule has 0 aromatic heterocycles. The van der Waals surface area contributed by atoms with Gasteiger partial charge >= 0.3 is 0 Å². The first-order valence-corrected chi connectivity index (χ1v) is 4.80. The Morgan fingerprint density at radius 3 is 2.92 bits per heavy atom. The standard InChI is InChI=1S/C9H18N2O2/c1-7-4-2-3-5-9(7,13)6-8(12)11-10/h7,13H,2-6,10H2,1H3,(H,11,12). The highest BCUT2D eigenvalue weighted by Gasteiger charge is 2.37. The third-order valence-corrected chi connectivity index (χ3v) is 3.04. The van der Waals surface area contributed by atoms with Crippen LogP contribution in [0.2, 0.25) is 0 Å². The van der Waals surface area contributed by atoms with Crippen LogP contribution in [0, 0.1) is 5.92 Å². The minimum absolute atomic E-state index is 0.130. The van der Waals surface area contributed by atoms with Gasteiger partial charge in [0.15, 0.2) is 0 Å². The van der Waals surface area contributed by atoms with Gasteiger partial charge in [-0.2, -0.15) is 0 Å². The van der Waals surface area contributed by atoms with Gasteiger partial charge < -0.3 is 5.11 Å². The van der Waals surface area contributed by atoms with Crippen molar-refractivity contribution in [3.8, 4) is 0 Å². The number of carbonyl (C=O) groups excluding carboxylic acids is 1. The highest BCUT2D eigenvalue weighted by atomic mass is 16.3. The second kappa shape index (κ2) is 4.07. The summed E-state index contributed by atoms with van der Waals surface area (Å²) in [5.74, 6) is 4.89. The molecule has 0 radical (unpaired) electrons. The van der Waals surface area contributed by atoms with Crippen molar-refractivity contribution in [1.82, 2.24) is 5.43 Å². The quantitative estimate of drug-likeness (QED) is 0.330. The monoisotopic (exact) mass is 186 g/mol. The number of aliphatic hydroxyl groups is 1. The maximum absolute atomic E-state index is 11.0. The summed E-state index contributed by atoms with van der Waals surface area (Å²) in [5.41, 5.74) is 1.23. The van der Waals surface area contributed by atoms with E-state index in [1.165, 1.54) is 0 Å². The minimum Gasteiger partial charge on any atom is -0.389 e. The van der Waals surface area contributed by atoms with E-state index in [1.54, 1.807) is 0 Å². The van der Waals surface area contributed by atoms with Crippen LogP contribution in [0.4, 0.5) is 0 Å². The normalized spacial score (nSPS) is 34.2. The van der Waals surface area contributed by atoms with Gasteiger partial charge in [-0.15, -0.1) is 0 Å². The summed E-state index contributed by atoms with van der Waals surface area (Å²) < 4.78 is 0. The molecular formula is C9H18N2O2. The summed E-state index contributed by atoms with van der Waals surface area (Å²) in [6.45, 7) is 1.99. The largest absolute Gasteiger partial charge is 0.389 e. The molecule has 76 valence electrons. The molecule has 1 rings (SSSR count). The zero-order valence-corrected chi connectivity index (χ0v) is 8.05. The first-order chi connectivity index (χ1) is 6.08. The number of nitrogens with one attached hydrogen (secondary N) is 1. The molecule has 0 heterocycles. The van der Waals surface area contributed by atoms with Crippen molar-refractivity contribution >= 4 is 5.91 Å². The van der Waals surface area contributed by atoms with E-state index >= 15 is 0 Å². The highest BCUT2D eigenvalue weighted by Crippen LogP contribution is 2.35. The summed E-state index contributed by atoms with van der Waals surface area (Å²) in [4.78, 5) is 11.0. The Labute approximate surface area is 78.5 Å². The van der Waals surface area contributed by atoms with Crippen molar-refractivity contribution in [1.29, 1.82) is 0 Å². The van der Waals surface area contributed by atoms with Gasteiger partial charge in [-0.1, -0.05) is 19.8 Å². The fourth-order valence-corrected chi connectivity index (χ4v) is 1.99. The second-order valence-corrected chi connectivity index (χ2v) is 3.99. The van der Waals surface area contributed by atoms with Crippen LogP contribution in [-0.4, -0.2) is 16.6 Å². The number of amides is 1. The van der Waals surface area contributed by atoms with Crippen LogP contribution in [0.15, 0.2) is 0 Å². The number of hydrogen-bond donors (Lipinski definition) is 3. The lowest BCUT2D eigenvalue weighted by molar-refractivity contribution is -0.130. The molecule has 13 heavy (non-hydrogen) atoms. The van der Waals surface area contributed by atoms with Crippen LogP contribution in [0.1, 0.15) is 39.0 Å². The minimum atomic E-state index is -0.832. The molecule has 0 aromatic rings. The number of hydrazine groups is 1. The smallest absolute Gasteiger partial charge is 0.236 e. The molecule has 1 saturated carbocycles. The van der Waals surface area contributed by atoms with Gasteiger partial charge in [-0.3, -0.25) is 10.2 Å². The maximum atomic E-state index is 11.0.